The summed E-state index contributed by atoms with van der Waals surface area (Å²) in [6, 6.07) is 1.34. The van der Waals surface area contributed by atoms with Gasteiger partial charge in [-0.1, -0.05) is 23.2 Å². The van der Waals surface area contributed by atoms with Crippen molar-refractivity contribution in [2.24, 2.45) is 7.05 Å². The van der Waals surface area contributed by atoms with E-state index in [1.54, 1.807) is 17.8 Å². The number of alkyl halides is 2. The number of halogens is 4. The number of pyridine rings is 1. The number of aryl methyl sites for hydroxylation is 2. The van der Waals surface area contributed by atoms with E-state index in [4.69, 9.17) is 27.9 Å². The summed E-state index contributed by atoms with van der Waals surface area (Å²) in [5.74, 6) is -1.70. The van der Waals surface area contributed by atoms with Crippen molar-refractivity contribution < 1.29 is 13.5 Å². The van der Waals surface area contributed by atoms with Gasteiger partial charge in [0.1, 0.15) is 21.7 Å². The van der Waals surface area contributed by atoms with Crippen molar-refractivity contribution in [1.29, 1.82) is 0 Å². The number of rotatable bonds is 4. The number of nitrogens with zero attached hydrogens (tertiary/aromatic N) is 8. The van der Waals surface area contributed by atoms with Crippen LogP contribution < -0.4 is 10.1 Å². The number of anilines is 2. The molecule has 5 aromatic rings. The van der Waals surface area contributed by atoms with Crippen LogP contribution in [0.3, 0.4) is 0 Å². The maximum atomic E-state index is 14.2. The quantitative estimate of drug-likeness (QED) is 0.369. The Morgan fingerprint density at radius 2 is 2.00 bits per heavy atom. The van der Waals surface area contributed by atoms with Gasteiger partial charge < -0.3 is 14.6 Å². The van der Waals surface area contributed by atoms with Gasteiger partial charge in [0, 0.05) is 38.5 Å². The summed E-state index contributed by atoms with van der Waals surface area (Å²) < 4.78 is 38.9. The van der Waals surface area contributed by atoms with Crippen molar-refractivity contribution in [2.45, 2.75) is 25.3 Å². The molecule has 0 fully saturated rings. The van der Waals surface area contributed by atoms with E-state index in [0.717, 1.165) is 0 Å². The van der Waals surface area contributed by atoms with Crippen molar-refractivity contribution in [2.75, 3.05) is 5.32 Å². The summed E-state index contributed by atoms with van der Waals surface area (Å²) in [5, 5.41) is 11.9. The van der Waals surface area contributed by atoms with E-state index in [-0.39, 0.29) is 33.9 Å². The number of fused-ring (bicyclic) bond motifs is 3. The molecule has 6 heterocycles. The lowest BCUT2D eigenvalue weighted by molar-refractivity contribution is -0.0364. The Hall–Kier alpha value is -3.51. The minimum atomic E-state index is -2.91. The van der Waals surface area contributed by atoms with E-state index in [1.165, 1.54) is 33.9 Å². The van der Waals surface area contributed by atoms with Crippen molar-refractivity contribution >= 4 is 51.6 Å². The molecule has 0 atom stereocenters. The minimum Gasteiger partial charge on any atom is -0.450 e. The van der Waals surface area contributed by atoms with Gasteiger partial charge in [0.15, 0.2) is 28.1 Å². The summed E-state index contributed by atoms with van der Waals surface area (Å²) in [4.78, 5) is 12.8. The molecule has 10 nitrogen and oxygen atoms in total. The van der Waals surface area contributed by atoms with Crippen LogP contribution in [0, 0.1) is 0 Å². The Kier molecular flexibility index (Phi) is 4.64. The first-order valence-electron chi connectivity index (χ1n) is 10.2. The van der Waals surface area contributed by atoms with Gasteiger partial charge in [-0.3, -0.25) is 4.68 Å². The maximum Gasteiger partial charge on any atom is 0.289 e. The highest BCUT2D eigenvalue weighted by Gasteiger charge is 2.38. The molecule has 6 rings (SSSR count). The lowest BCUT2D eigenvalue weighted by Crippen LogP contribution is -2.25. The lowest BCUT2D eigenvalue weighted by Gasteiger charge is -2.22. The molecule has 1 N–H and O–H groups in total. The number of ether oxygens (including phenoxy) is 1. The molecule has 1 aliphatic heterocycles. The number of nitrogens with one attached hydrogen (secondary N) is 1. The minimum absolute atomic E-state index is 0.117. The molecule has 0 saturated heterocycles. The third kappa shape index (κ3) is 3.24. The average molecular weight is 506 g/mol. The third-order valence-electron chi connectivity index (χ3n) is 5.63. The van der Waals surface area contributed by atoms with Gasteiger partial charge in [0.2, 0.25) is 5.95 Å². The summed E-state index contributed by atoms with van der Waals surface area (Å²) in [7, 11) is 1.72. The predicted molar refractivity (Wildman–Crippen MR) is 120 cm³/mol. The number of aromatic nitrogens is 8. The predicted octanol–water partition coefficient (Wildman–Crippen LogP) is 4.94. The first kappa shape index (κ1) is 21.1. The fourth-order valence-electron chi connectivity index (χ4n) is 4.00. The summed E-state index contributed by atoms with van der Waals surface area (Å²) in [6.45, 7) is 0.437. The summed E-state index contributed by atoms with van der Waals surface area (Å²) >= 11 is 12.8. The van der Waals surface area contributed by atoms with Crippen LogP contribution in [0.4, 0.5) is 20.5 Å². The fraction of sp³-hybridized carbons (Fsp3) is 0.250. The Morgan fingerprint density at radius 1 is 1.15 bits per heavy atom. The van der Waals surface area contributed by atoms with Gasteiger partial charge in [-0.2, -0.15) is 24.0 Å². The maximum absolute atomic E-state index is 14.2. The van der Waals surface area contributed by atoms with Crippen LogP contribution in [0.2, 0.25) is 10.2 Å². The molecule has 0 unspecified atom stereocenters. The summed E-state index contributed by atoms with van der Waals surface area (Å²) in [5.41, 5.74) is 1.19. The SMILES string of the molecule is Cn1c(Nc2cc3n(n2)CCCC3(F)F)nc2ncc(Oc3cnn4ccnc(Cl)c34)c(Cl)c21. The topological polar surface area (TPSA) is 100.0 Å². The monoisotopic (exact) mass is 505 g/mol. The van der Waals surface area contributed by atoms with Gasteiger partial charge >= 0.3 is 0 Å². The zero-order valence-electron chi connectivity index (χ0n) is 17.5. The second-order valence-corrected chi connectivity index (χ2v) is 8.53. The Balaban J connectivity index is 1.35. The highest BCUT2D eigenvalue weighted by molar-refractivity contribution is 6.36. The van der Waals surface area contributed by atoms with Crippen LogP contribution in [-0.4, -0.2) is 38.9 Å². The largest absolute Gasteiger partial charge is 0.450 e. The highest BCUT2D eigenvalue weighted by Crippen LogP contribution is 2.39. The molecule has 1 aliphatic rings. The molecule has 5 aromatic heterocycles. The molecule has 0 aliphatic carbocycles. The van der Waals surface area contributed by atoms with E-state index in [2.05, 4.69) is 30.5 Å². The highest BCUT2D eigenvalue weighted by atomic mass is 35.5. The lowest BCUT2D eigenvalue weighted by atomic mass is 10.1. The zero-order chi connectivity index (χ0) is 23.6. The van der Waals surface area contributed by atoms with Crippen LogP contribution in [-0.2, 0) is 19.5 Å². The number of hydrogen-bond acceptors (Lipinski definition) is 7. The molecule has 0 spiro atoms. The molecule has 0 saturated carbocycles. The van der Waals surface area contributed by atoms with E-state index >= 15 is 0 Å². The van der Waals surface area contributed by atoms with E-state index < -0.39 is 5.92 Å². The number of imidazole rings is 1. The van der Waals surface area contributed by atoms with Crippen LogP contribution >= 0.6 is 23.2 Å². The number of hydrogen-bond donors (Lipinski definition) is 1. The van der Waals surface area contributed by atoms with Crippen molar-refractivity contribution in [3.8, 4) is 11.5 Å². The van der Waals surface area contributed by atoms with Gasteiger partial charge in [-0.15, -0.1) is 0 Å². The Labute approximate surface area is 200 Å². The van der Waals surface area contributed by atoms with Crippen molar-refractivity contribution in [3.05, 3.63) is 46.7 Å². The van der Waals surface area contributed by atoms with Gasteiger partial charge in [-0.05, 0) is 6.42 Å². The van der Waals surface area contributed by atoms with Crippen LogP contribution in [0.15, 0.2) is 30.9 Å². The molecule has 14 heteroatoms. The van der Waals surface area contributed by atoms with Crippen molar-refractivity contribution in [1.82, 2.24) is 38.9 Å². The molecule has 174 valence electrons. The van der Waals surface area contributed by atoms with Crippen molar-refractivity contribution in [3.63, 3.8) is 0 Å². The third-order valence-corrected chi connectivity index (χ3v) is 6.28. The first-order chi connectivity index (χ1) is 16.3. The van der Waals surface area contributed by atoms with Gasteiger partial charge in [0.05, 0.1) is 12.4 Å². The molecule has 0 aromatic carbocycles. The normalized spacial score (nSPS) is 15.1. The van der Waals surface area contributed by atoms with E-state index in [0.29, 0.717) is 41.3 Å². The Morgan fingerprint density at radius 3 is 2.82 bits per heavy atom. The fourth-order valence-corrected chi connectivity index (χ4v) is 4.54. The van der Waals surface area contributed by atoms with Crippen LogP contribution in [0.5, 0.6) is 11.5 Å². The van der Waals surface area contributed by atoms with Crippen LogP contribution in [0.1, 0.15) is 18.5 Å². The average Bonchev–Trinajstić information content (AvgIpc) is 3.48. The molecule has 0 radical (unpaired) electrons. The second-order valence-electron chi connectivity index (χ2n) is 7.80. The standard InChI is InChI=1S/C20H15Cl2F2N9O/c1-31-16-14(21)10(34-11-9-27-33-6-4-25-17(22)15(11)33)8-26-18(16)29-19(31)28-13-7-12-20(23,24)3-2-5-32(12)30-13/h4,6-9H,2-3,5H2,1H3,(H,26,28,29,30). The first-order valence-corrected chi connectivity index (χ1v) is 11.0. The van der Waals surface area contributed by atoms with E-state index in [9.17, 15) is 8.78 Å². The van der Waals surface area contributed by atoms with Crippen LogP contribution in [0.25, 0.3) is 16.7 Å². The molecular formula is C20H15Cl2F2N9O. The second kappa shape index (κ2) is 7.50. The van der Waals surface area contributed by atoms with E-state index in [1.807, 2.05) is 0 Å². The smallest absolute Gasteiger partial charge is 0.289 e. The Bertz CT molecular complexity index is 1580. The molecule has 34 heavy (non-hydrogen) atoms. The molecule has 0 bridgehead atoms. The molecule has 0 amide bonds. The molecular weight excluding hydrogens is 491 g/mol. The van der Waals surface area contributed by atoms with Gasteiger partial charge in [-0.25, -0.2) is 14.5 Å². The van der Waals surface area contributed by atoms with Gasteiger partial charge in [0.25, 0.3) is 5.92 Å². The summed E-state index contributed by atoms with van der Waals surface area (Å²) in [6.07, 6.45) is 6.26. The zero-order valence-corrected chi connectivity index (χ0v) is 19.0.